The Morgan fingerprint density at radius 1 is 1.19 bits per heavy atom. The summed E-state index contributed by atoms with van der Waals surface area (Å²) in [6.45, 7) is 0. The van der Waals surface area contributed by atoms with Crippen molar-refractivity contribution in [3.8, 4) is 11.5 Å². The van der Waals surface area contributed by atoms with Crippen molar-refractivity contribution in [2.24, 2.45) is 10.7 Å². The Morgan fingerprint density at radius 2 is 1.95 bits per heavy atom. The van der Waals surface area contributed by atoms with E-state index in [0.717, 1.165) is 5.56 Å². The van der Waals surface area contributed by atoms with Gasteiger partial charge < -0.3 is 10.2 Å². The predicted molar refractivity (Wildman–Crippen MR) is 86.5 cm³/mol. The second-order valence-corrected chi connectivity index (χ2v) is 5.12. The minimum atomic E-state index is 0.187. The maximum Gasteiger partial charge on any atom is 0.227 e. The highest BCUT2D eigenvalue weighted by molar-refractivity contribution is 6.30. The lowest BCUT2D eigenvalue weighted by Gasteiger charge is -1.95. The van der Waals surface area contributed by atoms with Crippen molar-refractivity contribution < 1.29 is 4.42 Å². The van der Waals surface area contributed by atoms with Gasteiger partial charge >= 0.3 is 0 Å². The number of rotatable bonds is 3. The molecule has 0 aliphatic heterocycles. The van der Waals surface area contributed by atoms with Crippen molar-refractivity contribution in [3.05, 3.63) is 47.5 Å². The number of alkyl halides is 1. The van der Waals surface area contributed by atoms with Crippen molar-refractivity contribution in [2.75, 3.05) is 5.88 Å². The molecule has 6 heteroatoms. The first-order chi connectivity index (χ1) is 10.2. The summed E-state index contributed by atoms with van der Waals surface area (Å²) in [5.41, 5.74) is 8.57. The first-order valence-electron chi connectivity index (χ1n) is 6.21. The molecule has 0 saturated carbocycles. The van der Waals surface area contributed by atoms with Crippen LogP contribution in [0.4, 0.5) is 5.69 Å². The Hall–Kier alpha value is -2.04. The number of amidine groups is 1. The number of nitrogens with two attached hydrogens (primary N) is 1. The van der Waals surface area contributed by atoms with Crippen molar-refractivity contribution in [3.63, 3.8) is 0 Å². The van der Waals surface area contributed by atoms with Gasteiger partial charge in [0.2, 0.25) is 5.89 Å². The van der Waals surface area contributed by atoms with Gasteiger partial charge in [-0.3, -0.25) is 0 Å². The third-order valence-electron chi connectivity index (χ3n) is 2.87. The molecule has 0 aliphatic rings. The zero-order valence-corrected chi connectivity index (χ0v) is 12.4. The molecule has 2 aromatic carbocycles. The minimum Gasteiger partial charge on any atom is -0.436 e. The molecule has 0 fully saturated rings. The average Bonchev–Trinajstić information content (AvgIpc) is 2.91. The highest BCUT2D eigenvalue weighted by Gasteiger charge is 2.08. The fraction of sp³-hybridized carbons (Fsp3) is 0.0667. The van der Waals surface area contributed by atoms with Gasteiger partial charge in [0.05, 0.1) is 11.6 Å². The Labute approximate surface area is 131 Å². The molecule has 0 spiro atoms. The van der Waals surface area contributed by atoms with E-state index in [9.17, 15) is 0 Å². The number of aromatic nitrogens is 1. The normalized spacial score (nSPS) is 12.0. The molecule has 106 valence electrons. The monoisotopic (exact) mass is 319 g/mol. The number of halogens is 2. The molecule has 2 N–H and O–H groups in total. The Morgan fingerprint density at radius 3 is 2.67 bits per heavy atom. The highest BCUT2D eigenvalue weighted by atomic mass is 35.5. The molecule has 0 atom stereocenters. The van der Waals surface area contributed by atoms with E-state index in [1.807, 2.05) is 18.2 Å². The van der Waals surface area contributed by atoms with Crippen LogP contribution in [0.5, 0.6) is 0 Å². The van der Waals surface area contributed by atoms with E-state index in [4.69, 9.17) is 33.4 Å². The van der Waals surface area contributed by atoms with E-state index in [1.165, 1.54) is 0 Å². The number of fused-ring (bicyclic) bond motifs is 1. The molecule has 1 aromatic heterocycles. The number of hydrogen-bond acceptors (Lipinski definition) is 3. The predicted octanol–water partition coefficient (Wildman–Crippen LogP) is 4.38. The second-order valence-electron chi connectivity index (χ2n) is 4.41. The number of benzene rings is 2. The van der Waals surface area contributed by atoms with Gasteiger partial charge in [-0.05, 0) is 42.5 Å². The van der Waals surface area contributed by atoms with E-state index >= 15 is 0 Å². The summed E-state index contributed by atoms with van der Waals surface area (Å²) in [4.78, 5) is 8.64. The number of aliphatic imine (C=N–C) groups is 1. The fourth-order valence-electron chi connectivity index (χ4n) is 1.90. The lowest BCUT2D eigenvalue weighted by molar-refractivity contribution is 0.620. The molecule has 0 saturated heterocycles. The van der Waals surface area contributed by atoms with Crippen LogP contribution in [-0.2, 0) is 0 Å². The van der Waals surface area contributed by atoms with E-state index in [1.54, 1.807) is 24.3 Å². The zero-order valence-electron chi connectivity index (χ0n) is 10.9. The van der Waals surface area contributed by atoms with Gasteiger partial charge in [-0.1, -0.05) is 11.6 Å². The van der Waals surface area contributed by atoms with Crippen LogP contribution in [0, 0.1) is 0 Å². The van der Waals surface area contributed by atoms with E-state index in [-0.39, 0.29) is 5.88 Å². The lowest BCUT2D eigenvalue weighted by atomic mass is 10.2. The molecule has 21 heavy (non-hydrogen) atoms. The van der Waals surface area contributed by atoms with Crippen molar-refractivity contribution in [1.82, 2.24) is 4.98 Å². The summed E-state index contributed by atoms with van der Waals surface area (Å²) in [6, 6.07) is 12.7. The summed E-state index contributed by atoms with van der Waals surface area (Å²) >= 11 is 11.5. The van der Waals surface area contributed by atoms with Crippen LogP contribution in [-0.4, -0.2) is 16.7 Å². The topological polar surface area (TPSA) is 64.4 Å². The number of oxazole rings is 1. The third-order valence-corrected chi connectivity index (χ3v) is 3.40. The van der Waals surface area contributed by atoms with Crippen LogP contribution in [0.1, 0.15) is 0 Å². The maximum absolute atomic E-state index is 5.87. The van der Waals surface area contributed by atoms with Gasteiger partial charge in [0.15, 0.2) is 5.58 Å². The molecule has 0 amide bonds. The van der Waals surface area contributed by atoms with E-state index < -0.39 is 0 Å². The van der Waals surface area contributed by atoms with E-state index in [0.29, 0.717) is 33.5 Å². The van der Waals surface area contributed by atoms with Crippen molar-refractivity contribution >= 4 is 45.8 Å². The standard InChI is InChI=1S/C15H11Cl2N3O/c16-8-14(18)19-11-5-6-13-12(7-11)20-15(21-13)9-1-3-10(17)4-2-9/h1-7H,8H2,(H2,18,19). The molecule has 0 radical (unpaired) electrons. The number of hydrogen-bond donors (Lipinski definition) is 1. The van der Waals surface area contributed by atoms with Crippen molar-refractivity contribution in [2.45, 2.75) is 0 Å². The summed E-state index contributed by atoms with van der Waals surface area (Å²) in [6.07, 6.45) is 0. The molecular formula is C15H11Cl2N3O. The van der Waals surface area contributed by atoms with E-state index in [2.05, 4.69) is 9.98 Å². The van der Waals surface area contributed by atoms with Gasteiger partial charge in [0.25, 0.3) is 0 Å². The average molecular weight is 320 g/mol. The molecular weight excluding hydrogens is 309 g/mol. The highest BCUT2D eigenvalue weighted by Crippen LogP contribution is 2.27. The molecule has 4 nitrogen and oxygen atoms in total. The largest absolute Gasteiger partial charge is 0.436 e. The Kier molecular flexibility index (Phi) is 3.82. The summed E-state index contributed by atoms with van der Waals surface area (Å²) in [5, 5.41) is 0.669. The first kappa shape index (κ1) is 13.9. The Bertz CT molecular complexity index is 809. The molecule has 0 aliphatic carbocycles. The van der Waals surface area contributed by atoms with Crippen LogP contribution in [0.15, 0.2) is 51.9 Å². The molecule has 3 rings (SSSR count). The van der Waals surface area contributed by atoms with Gasteiger partial charge in [0.1, 0.15) is 11.4 Å². The van der Waals surface area contributed by atoms with Crippen LogP contribution < -0.4 is 5.73 Å². The molecule has 0 bridgehead atoms. The number of nitrogens with zero attached hydrogens (tertiary/aromatic N) is 2. The Balaban J connectivity index is 2.02. The van der Waals surface area contributed by atoms with Crippen LogP contribution >= 0.6 is 23.2 Å². The molecule has 0 unspecified atom stereocenters. The molecule has 1 heterocycles. The fourth-order valence-corrected chi connectivity index (χ4v) is 2.08. The summed E-state index contributed by atoms with van der Waals surface area (Å²) in [7, 11) is 0. The quantitative estimate of drug-likeness (QED) is 0.442. The maximum atomic E-state index is 5.87. The van der Waals surface area contributed by atoms with Crippen LogP contribution in [0.2, 0.25) is 5.02 Å². The van der Waals surface area contributed by atoms with Crippen LogP contribution in [0.25, 0.3) is 22.6 Å². The van der Waals surface area contributed by atoms with Crippen molar-refractivity contribution in [1.29, 1.82) is 0 Å². The van der Waals surface area contributed by atoms with Gasteiger partial charge in [-0.15, -0.1) is 11.6 Å². The summed E-state index contributed by atoms with van der Waals surface area (Å²) < 4.78 is 5.72. The minimum absolute atomic E-state index is 0.187. The second kappa shape index (κ2) is 5.76. The first-order valence-corrected chi connectivity index (χ1v) is 7.12. The SMILES string of the molecule is NC(CCl)=Nc1ccc2oc(-c3ccc(Cl)cc3)nc2c1. The van der Waals surface area contributed by atoms with Gasteiger partial charge in [-0.25, -0.2) is 9.98 Å². The third kappa shape index (κ3) is 3.01. The van der Waals surface area contributed by atoms with Gasteiger partial charge in [0, 0.05) is 10.6 Å². The van der Waals surface area contributed by atoms with Crippen LogP contribution in [0.3, 0.4) is 0 Å². The smallest absolute Gasteiger partial charge is 0.227 e. The lowest BCUT2D eigenvalue weighted by Crippen LogP contribution is -2.12. The molecule has 3 aromatic rings. The summed E-state index contributed by atoms with van der Waals surface area (Å²) in [5.74, 6) is 1.08. The van der Waals surface area contributed by atoms with Gasteiger partial charge in [-0.2, -0.15) is 0 Å². The zero-order chi connectivity index (χ0) is 14.8.